The highest BCUT2D eigenvalue weighted by Crippen LogP contribution is 2.23. The highest BCUT2D eigenvalue weighted by Gasteiger charge is 2.35. The van der Waals surface area contributed by atoms with Crippen molar-refractivity contribution in [3.63, 3.8) is 0 Å². The first-order chi connectivity index (χ1) is 10.1. The number of carboxylic acids is 1. The average molecular weight is 290 g/mol. The monoisotopic (exact) mass is 290 g/mol. The molecular weight excluding hydrogens is 272 g/mol. The van der Waals surface area contributed by atoms with E-state index >= 15 is 0 Å². The normalized spacial score (nSPS) is 22.9. The quantitative estimate of drug-likeness (QED) is 0.875. The van der Waals surface area contributed by atoms with Gasteiger partial charge in [-0.15, -0.1) is 5.10 Å². The van der Waals surface area contributed by atoms with E-state index in [9.17, 15) is 9.59 Å². The molecule has 0 aromatic carbocycles. The van der Waals surface area contributed by atoms with Gasteiger partial charge in [-0.2, -0.15) is 0 Å². The van der Waals surface area contributed by atoms with Crippen molar-refractivity contribution in [3.05, 3.63) is 34.9 Å². The average Bonchev–Trinajstić information content (AvgIpc) is 2.98. The lowest BCUT2D eigenvalue weighted by Gasteiger charge is -2.22. The van der Waals surface area contributed by atoms with Crippen molar-refractivity contribution in [2.24, 2.45) is 5.92 Å². The third kappa shape index (κ3) is 2.44. The molecule has 0 saturated carbocycles. The topological polar surface area (TPSA) is 79.8 Å². The van der Waals surface area contributed by atoms with E-state index in [0.29, 0.717) is 25.2 Å². The first-order valence-electron chi connectivity index (χ1n) is 7.09. The van der Waals surface area contributed by atoms with Crippen LogP contribution in [0.2, 0.25) is 0 Å². The van der Waals surface area contributed by atoms with Crippen LogP contribution in [0.4, 0.5) is 0 Å². The van der Waals surface area contributed by atoms with E-state index in [1.807, 2.05) is 13.0 Å². The van der Waals surface area contributed by atoms with Crippen LogP contribution < -0.4 is 5.69 Å². The van der Waals surface area contributed by atoms with Crippen molar-refractivity contribution in [1.29, 1.82) is 0 Å². The molecule has 112 valence electrons. The molecule has 0 spiro atoms. The van der Waals surface area contributed by atoms with Crippen molar-refractivity contribution in [2.75, 3.05) is 13.1 Å². The van der Waals surface area contributed by atoms with E-state index in [2.05, 4.69) is 10.00 Å². The first kappa shape index (κ1) is 13.8. The summed E-state index contributed by atoms with van der Waals surface area (Å²) in [6.45, 7) is 3.78. The molecule has 3 rings (SSSR count). The van der Waals surface area contributed by atoms with E-state index in [1.165, 1.54) is 9.08 Å². The summed E-state index contributed by atoms with van der Waals surface area (Å²) >= 11 is 0. The minimum atomic E-state index is -0.741. The highest BCUT2D eigenvalue weighted by molar-refractivity contribution is 5.71. The van der Waals surface area contributed by atoms with Crippen LogP contribution in [0.5, 0.6) is 0 Å². The van der Waals surface area contributed by atoms with Crippen LogP contribution in [0.25, 0.3) is 5.65 Å². The molecule has 0 amide bonds. The fraction of sp³-hybridized carbons (Fsp3) is 0.500. The molecule has 3 heterocycles. The molecule has 1 aliphatic rings. The molecule has 1 saturated heterocycles. The zero-order valence-electron chi connectivity index (χ0n) is 11.8. The fourth-order valence-corrected chi connectivity index (χ4v) is 2.99. The van der Waals surface area contributed by atoms with Crippen LogP contribution in [0.1, 0.15) is 13.3 Å². The number of nitrogens with zero attached hydrogens (tertiary/aromatic N) is 4. The van der Waals surface area contributed by atoms with Gasteiger partial charge in [0.1, 0.15) is 0 Å². The minimum Gasteiger partial charge on any atom is -0.481 e. The Balaban J connectivity index is 1.71. The van der Waals surface area contributed by atoms with Crippen molar-refractivity contribution < 1.29 is 9.90 Å². The molecule has 21 heavy (non-hydrogen) atoms. The smallest absolute Gasteiger partial charge is 0.350 e. The van der Waals surface area contributed by atoms with Crippen molar-refractivity contribution in [3.8, 4) is 0 Å². The van der Waals surface area contributed by atoms with E-state index < -0.39 is 5.97 Å². The summed E-state index contributed by atoms with van der Waals surface area (Å²) in [5, 5.41) is 13.4. The van der Waals surface area contributed by atoms with Crippen LogP contribution in [0.3, 0.4) is 0 Å². The van der Waals surface area contributed by atoms with Crippen LogP contribution in [0, 0.1) is 5.92 Å². The third-order valence-corrected chi connectivity index (χ3v) is 4.29. The van der Waals surface area contributed by atoms with Gasteiger partial charge in [0.05, 0.1) is 12.5 Å². The molecule has 1 fully saturated rings. The van der Waals surface area contributed by atoms with E-state index in [4.69, 9.17) is 5.11 Å². The number of hydrogen-bond donors (Lipinski definition) is 1. The number of pyridine rings is 1. The lowest BCUT2D eigenvalue weighted by Crippen LogP contribution is -2.36. The maximum atomic E-state index is 12.1. The lowest BCUT2D eigenvalue weighted by molar-refractivity contribution is -0.142. The Kier molecular flexibility index (Phi) is 3.50. The van der Waals surface area contributed by atoms with Gasteiger partial charge >= 0.3 is 11.7 Å². The Morgan fingerprint density at radius 2 is 2.24 bits per heavy atom. The second kappa shape index (κ2) is 5.33. The predicted molar refractivity (Wildman–Crippen MR) is 76.2 cm³/mol. The fourth-order valence-electron chi connectivity index (χ4n) is 2.99. The number of aromatic nitrogens is 3. The van der Waals surface area contributed by atoms with Gasteiger partial charge in [-0.05, 0) is 32.0 Å². The molecule has 2 atom stereocenters. The number of hydrogen-bond acceptors (Lipinski definition) is 4. The molecule has 1 aliphatic heterocycles. The molecule has 0 aliphatic carbocycles. The zero-order valence-corrected chi connectivity index (χ0v) is 11.8. The third-order valence-electron chi connectivity index (χ3n) is 4.29. The molecule has 1 N–H and O–H groups in total. The predicted octanol–water partition coefficient (Wildman–Crippen LogP) is 0.291. The Hall–Kier alpha value is -2.15. The molecule has 2 aromatic heterocycles. The number of fused-ring (bicyclic) bond motifs is 1. The lowest BCUT2D eigenvalue weighted by atomic mass is 10.0. The van der Waals surface area contributed by atoms with Crippen molar-refractivity contribution in [1.82, 2.24) is 19.1 Å². The van der Waals surface area contributed by atoms with Gasteiger partial charge in [-0.3, -0.25) is 14.1 Å². The first-order valence-corrected chi connectivity index (χ1v) is 7.09. The standard InChI is InChI=1S/C14H18N4O3/c1-10-11(13(19)20)5-7-16(10)8-9-18-14(21)17-6-3-2-4-12(17)15-18/h2-4,6,10-11H,5,7-9H2,1H3,(H,19,20). The number of aliphatic carboxylic acids is 1. The Labute approximate surface area is 121 Å². The summed E-state index contributed by atoms with van der Waals surface area (Å²) in [6, 6.07) is 5.42. The van der Waals surface area contributed by atoms with E-state index in [1.54, 1.807) is 18.3 Å². The van der Waals surface area contributed by atoms with Gasteiger partial charge in [0.2, 0.25) is 0 Å². The summed E-state index contributed by atoms with van der Waals surface area (Å²) in [4.78, 5) is 25.4. The number of rotatable bonds is 4. The van der Waals surface area contributed by atoms with Crippen LogP contribution >= 0.6 is 0 Å². The highest BCUT2D eigenvalue weighted by atomic mass is 16.4. The summed E-state index contributed by atoms with van der Waals surface area (Å²) in [6.07, 6.45) is 2.36. The molecular formula is C14H18N4O3. The largest absolute Gasteiger partial charge is 0.481 e. The Morgan fingerprint density at radius 1 is 1.43 bits per heavy atom. The van der Waals surface area contributed by atoms with Crippen molar-refractivity contribution in [2.45, 2.75) is 25.9 Å². The van der Waals surface area contributed by atoms with Gasteiger partial charge in [-0.25, -0.2) is 9.48 Å². The Morgan fingerprint density at radius 3 is 2.90 bits per heavy atom. The SMILES string of the molecule is CC1C(C(=O)O)CCN1CCn1nc2ccccn2c1=O. The molecule has 7 nitrogen and oxygen atoms in total. The second-order valence-electron chi connectivity index (χ2n) is 5.44. The van der Waals surface area contributed by atoms with Gasteiger partial charge in [0.25, 0.3) is 0 Å². The maximum absolute atomic E-state index is 12.1. The van der Waals surface area contributed by atoms with E-state index in [0.717, 1.165) is 6.54 Å². The van der Waals surface area contributed by atoms with Crippen LogP contribution in [-0.2, 0) is 11.3 Å². The molecule has 2 unspecified atom stereocenters. The van der Waals surface area contributed by atoms with Gasteiger partial charge in [0.15, 0.2) is 5.65 Å². The van der Waals surface area contributed by atoms with Crippen molar-refractivity contribution >= 4 is 11.6 Å². The maximum Gasteiger partial charge on any atom is 0.350 e. The Bertz CT molecular complexity index is 720. The molecule has 7 heteroatoms. The molecule has 0 radical (unpaired) electrons. The van der Waals surface area contributed by atoms with Gasteiger partial charge in [0, 0.05) is 18.8 Å². The summed E-state index contributed by atoms with van der Waals surface area (Å²) < 4.78 is 2.95. The zero-order chi connectivity index (χ0) is 15.0. The summed E-state index contributed by atoms with van der Waals surface area (Å²) in [7, 11) is 0. The van der Waals surface area contributed by atoms with Gasteiger partial charge < -0.3 is 5.11 Å². The van der Waals surface area contributed by atoms with E-state index in [-0.39, 0.29) is 17.6 Å². The number of likely N-dealkylation sites (tertiary alicyclic amines) is 1. The summed E-state index contributed by atoms with van der Waals surface area (Å²) in [5.74, 6) is -1.06. The number of carboxylic acid groups (broad SMARTS) is 1. The molecule has 0 bridgehead atoms. The number of carbonyl (C=O) groups is 1. The van der Waals surface area contributed by atoms with Crippen LogP contribution in [0.15, 0.2) is 29.2 Å². The molecule has 2 aromatic rings. The second-order valence-corrected chi connectivity index (χ2v) is 5.44. The summed E-state index contributed by atoms with van der Waals surface area (Å²) in [5.41, 5.74) is 0.465. The minimum absolute atomic E-state index is 0.00441. The van der Waals surface area contributed by atoms with Crippen LogP contribution in [-0.4, -0.2) is 49.3 Å². The van der Waals surface area contributed by atoms with Gasteiger partial charge in [-0.1, -0.05) is 6.07 Å².